The van der Waals surface area contributed by atoms with E-state index < -0.39 is 10.0 Å². The van der Waals surface area contributed by atoms with E-state index in [9.17, 15) is 13.2 Å². The second-order valence-electron chi connectivity index (χ2n) is 7.32. The molecule has 156 valence electrons. The van der Waals surface area contributed by atoms with Crippen LogP contribution in [0, 0.1) is 5.92 Å². The van der Waals surface area contributed by atoms with Crippen molar-refractivity contribution in [1.82, 2.24) is 0 Å². The third-order valence-corrected chi connectivity index (χ3v) is 5.91. The van der Waals surface area contributed by atoms with Crippen molar-refractivity contribution in [3.8, 4) is 11.5 Å². The van der Waals surface area contributed by atoms with Gasteiger partial charge < -0.3 is 14.4 Å². The number of benzene rings is 2. The van der Waals surface area contributed by atoms with Gasteiger partial charge in [-0.05, 0) is 48.7 Å². The van der Waals surface area contributed by atoms with E-state index in [2.05, 4.69) is 4.72 Å². The molecular weight excluding hydrogens is 392 g/mol. The molecule has 8 heteroatoms. The summed E-state index contributed by atoms with van der Waals surface area (Å²) < 4.78 is 39.0. The lowest BCUT2D eigenvalue weighted by Gasteiger charge is -2.20. The van der Waals surface area contributed by atoms with Crippen molar-refractivity contribution in [2.24, 2.45) is 5.92 Å². The fourth-order valence-electron chi connectivity index (χ4n) is 3.06. The van der Waals surface area contributed by atoms with Crippen molar-refractivity contribution in [3.05, 3.63) is 42.5 Å². The van der Waals surface area contributed by atoms with E-state index in [1.54, 1.807) is 35.2 Å². The molecule has 0 saturated carbocycles. The van der Waals surface area contributed by atoms with Crippen molar-refractivity contribution < 1.29 is 22.7 Å². The second kappa shape index (κ2) is 8.73. The first-order chi connectivity index (χ1) is 13.8. The number of methoxy groups -OCH3 is 1. The van der Waals surface area contributed by atoms with Crippen LogP contribution in [0.3, 0.4) is 0 Å². The average Bonchev–Trinajstić information content (AvgIpc) is 3.12. The molecule has 2 aromatic rings. The van der Waals surface area contributed by atoms with E-state index in [0.717, 1.165) is 6.42 Å². The van der Waals surface area contributed by atoms with Crippen LogP contribution in [0.2, 0.25) is 0 Å². The van der Waals surface area contributed by atoms with Crippen molar-refractivity contribution in [3.63, 3.8) is 0 Å². The lowest BCUT2D eigenvalue weighted by molar-refractivity contribution is -0.117. The van der Waals surface area contributed by atoms with Crippen LogP contribution in [0.1, 0.15) is 26.7 Å². The zero-order valence-corrected chi connectivity index (χ0v) is 17.7. The third-order valence-electron chi connectivity index (χ3n) is 4.51. The molecular formula is C21H26N2O5S. The minimum absolute atomic E-state index is 0.0383. The average molecular weight is 419 g/mol. The van der Waals surface area contributed by atoms with E-state index >= 15 is 0 Å². The van der Waals surface area contributed by atoms with Crippen LogP contribution in [-0.4, -0.2) is 34.6 Å². The molecule has 1 amide bonds. The minimum atomic E-state index is -3.77. The highest BCUT2D eigenvalue weighted by Gasteiger charge is 2.25. The Morgan fingerprint density at radius 3 is 2.45 bits per heavy atom. The highest BCUT2D eigenvalue weighted by Crippen LogP contribution is 2.34. The number of hydrogen-bond acceptors (Lipinski definition) is 5. The molecule has 1 aliphatic heterocycles. The van der Waals surface area contributed by atoms with E-state index in [4.69, 9.17) is 9.47 Å². The summed E-state index contributed by atoms with van der Waals surface area (Å²) in [4.78, 5) is 13.8. The van der Waals surface area contributed by atoms with Crippen LogP contribution in [0.25, 0.3) is 0 Å². The fraction of sp³-hybridized carbons (Fsp3) is 0.381. The summed E-state index contributed by atoms with van der Waals surface area (Å²) in [5.74, 6) is 1.49. The topological polar surface area (TPSA) is 84.9 Å². The Morgan fingerprint density at radius 2 is 1.86 bits per heavy atom. The number of ether oxygens (including phenoxy) is 2. The maximum atomic E-state index is 12.7. The van der Waals surface area contributed by atoms with Crippen LogP contribution in [0.15, 0.2) is 47.4 Å². The first-order valence-corrected chi connectivity index (χ1v) is 11.0. The summed E-state index contributed by atoms with van der Waals surface area (Å²) in [7, 11) is -2.28. The van der Waals surface area contributed by atoms with Gasteiger partial charge in [0.15, 0.2) is 0 Å². The molecule has 1 N–H and O–H groups in total. The number of amides is 1. The molecule has 0 bridgehead atoms. The van der Waals surface area contributed by atoms with Gasteiger partial charge in [-0.15, -0.1) is 0 Å². The summed E-state index contributed by atoms with van der Waals surface area (Å²) in [6.45, 7) is 5.28. The van der Waals surface area contributed by atoms with Gasteiger partial charge >= 0.3 is 0 Å². The largest absolute Gasteiger partial charge is 0.494 e. The van der Waals surface area contributed by atoms with Crippen LogP contribution in [0.5, 0.6) is 11.5 Å². The molecule has 3 rings (SSSR count). The number of nitrogens with zero attached hydrogens (tertiary/aromatic N) is 1. The van der Waals surface area contributed by atoms with E-state index in [-0.39, 0.29) is 10.8 Å². The first-order valence-electron chi connectivity index (χ1n) is 9.54. The third kappa shape index (κ3) is 5.00. The summed E-state index contributed by atoms with van der Waals surface area (Å²) >= 11 is 0. The van der Waals surface area contributed by atoms with E-state index in [0.29, 0.717) is 48.4 Å². The van der Waals surface area contributed by atoms with Gasteiger partial charge in [-0.25, -0.2) is 8.42 Å². The predicted molar refractivity (Wildman–Crippen MR) is 112 cm³/mol. The summed E-state index contributed by atoms with van der Waals surface area (Å²) in [5, 5.41) is 0. The van der Waals surface area contributed by atoms with Gasteiger partial charge in [-0.2, -0.15) is 0 Å². The molecule has 1 saturated heterocycles. The van der Waals surface area contributed by atoms with Crippen LogP contribution in [-0.2, 0) is 14.8 Å². The first kappa shape index (κ1) is 21.0. The van der Waals surface area contributed by atoms with Gasteiger partial charge in [-0.1, -0.05) is 13.8 Å². The lowest BCUT2D eigenvalue weighted by atomic mass is 10.2. The molecule has 0 radical (unpaired) electrons. The molecule has 0 unspecified atom stereocenters. The van der Waals surface area contributed by atoms with Gasteiger partial charge in [0.1, 0.15) is 11.5 Å². The van der Waals surface area contributed by atoms with Crippen LogP contribution in [0.4, 0.5) is 11.4 Å². The van der Waals surface area contributed by atoms with Gasteiger partial charge in [0.2, 0.25) is 5.91 Å². The Bertz CT molecular complexity index is 971. The zero-order chi connectivity index (χ0) is 21.0. The van der Waals surface area contributed by atoms with Crippen LogP contribution >= 0.6 is 0 Å². The van der Waals surface area contributed by atoms with E-state index in [1.807, 2.05) is 13.8 Å². The van der Waals surface area contributed by atoms with Crippen molar-refractivity contribution in [2.75, 3.05) is 29.9 Å². The second-order valence-corrected chi connectivity index (χ2v) is 9.00. The molecule has 0 atom stereocenters. The Hall–Kier alpha value is -2.74. The number of rotatable bonds is 8. The molecule has 2 aromatic carbocycles. The molecule has 7 nitrogen and oxygen atoms in total. The lowest BCUT2D eigenvalue weighted by Crippen LogP contribution is -2.24. The Labute approximate surface area is 171 Å². The molecule has 1 heterocycles. The normalized spacial score (nSPS) is 14.3. The molecule has 29 heavy (non-hydrogen) atoms. The van der Waals surface area contributed by atoms with Crippen molar-refractivity contribution >= 4 is 27.3 Å². The SMILES string of the molecule is COc1cc(NS(=O)(=O)c2ccc(OCC(C)C)cc2)ccc1N1CCCC1=O. The number of hydrogen-bond donors (Lipinski definition) is 1. The monoisotopic (exact) mass is 418 g/mol. The standard InChI is InChI=1S/C21H26N2O5S/c1-15(2)14-28-17-7-9-18(10-8-17)29(25,26)22-16-6-11-19(20(13-16)27-3)23-12-4-5-21(23)24/h6-11,13,15,22H,4-5,12,14H2,1-3H3. The number of sulfonamides is 1. The van der Waals surface area contributed by atoms with Gasteiger partial charge in [0.05, 0.1) is 30.0 Å². The van der Waals surface area contributed by atoms with Crippen LogP contribution < -0.4 is 19.1 Å². The Balaban J connectivity index is 1.77. The summed E-state index contributed by atoms with van der Waals surface area (Å²) in [6.07, 6.45) is 1.31. The van der Waals surface area contributed by atoms with Crippen molar-refractivity contribution in [2.45, 2.75) is 31.6 Å². The molecule has 1 aliphatic rings. The number of carbonyl (C=O) groups is 1. The predicted octanol–water partition coefficient (Wildman–Crippen LogP) is 3.66. The fourth-order valence-corrected chi connectivity index (χ4v) is 4.11. The summed E-state index contributed by atoms with van der Waals surface area (Å²) in [6, 6.07) is 11.2. The molecule has 0 aliphatic carbocycles. The molecule has 1 fully saturated rings. The van der Waals surface area contributed by atoms with Gasteiger partial charge in [-0.3, -0.25) is 9.52 Å². The Morgan fingerprint density at radius 1 is 1.14 bits per heavy atom. The molecule has 0 spiro atoms. The number of carbonyl (C=O) groups excluding carboxylic acids is 1. The number of anilines is 2. The van der Waals surface area contributed by atoms with E-state index in [1.165, 1.54) is 19.2 Å². The molecule has 0 aromatic heterocycles. The van der Waals surface area contributed by atoms with Gasteiger partial charge in [0, 0.05) is 19.0 Å². The highest BCUT2D eigenvalue weighted by atomic mass is 32.2. The smallest absolute Gasteiger partial charge is 0.261 e. The van der Waals surface area contributed by atoms with Crippen molar-refractivity contribution in [1.29, 1.82) is 0 Å². The maximum absolute atomic E-state index is 12.7. The quantitative estimate of drug-likeness (QED) is 0.707. The van der Waals surface area contributed by atoms with Gasteiger partial charge in [0.25, 0.3) is 10.0 Å². The number of nitrogens with one attached hydrogen (secondary N) is 1. The Kier molecular flexibility index (Phi) is 6.32. The zero-order valence-electron chi connectivity index (χ0n) is 16.8. The highest BCUT2D eigenvalue weighted by molar-refractivity contribution is 7.92. The maximum Gasteiger partial charge on any atom is 0.261 e. The summed E-state index contributed by atoms with van der Waals surface area (Å²) in [5.41, 5.74) is 1.00. The minimum Gasteiger partial charge on any atom is -0.494 e.